The molecule has 3 heteroatoms. The Morgan fingerprint density at radius 2 is 2.00 bits per heavy atom. The van der Waals surface area contributed by atoms with Gasteiger partial charge in [-0.05, 0) is 19.9 Å². The summed E-state index contributed by atoms with van der Waals surface area (Å²) in [5, 5.41) is 20.6. The predicted octanol–water partition coefficient (Wildman–Crippen LogP) is 3.00. The average Bonchev–Trinajstić information content (AvgIpc) is 2.17. The molecular weight excluding hydrogens is 190 g/mol. The zero-order valence-electron chi connectivity index (χ0n) is 8.92. The maximum Gasteiger partial charge on any atom is 0.216 e. The van der Waals surface area contributed by atoms with Crippen LogP contribution < -0.4 is 0 Å². The molecule has 15 heavy (non-hydrogen) atoms. The first kappa shape index (κ1) is 11.3. The molecule has 1 unspecified atom stereocenters. The summed E-state index contributed by atoms with van der Waals surface area (Å²) < 4.78 is 0.810. The number of nitrogens with zero attached hydrogens (tertiary/aromatic N) is 1. The van der Waals surface area contributed by atoms with Crippen LogP contribution in [0.5, 0.6) is 0 Å². The van der Waals surface area contributed by atoms with E-state index in [0.29, 0.717) is 5.69 Å². The quantitative estimate of drug-likeness (QED) is 0.271. The van der Waals surface area contributed by atoms with Gasteiger partial charge in [0.05, 0.1) is 11.7 Å². The highest BCUT2D eigenvalue weighted by molar-refractivity contribution is 5.59. The number of para-hydroxylation sites is 1. The van der Waals surface area contributed by atoms with E-state index >= 15 is 0 Å². The first-order valence-electron chi connectivity index (χ1n) is 4.83. The number of hydrogen-bond acceptors (Lipinski definition) is 2. The second-order valence-corrected chi connectivity index (χ2v) is 3.48. The molecule has 0 aliphatic rings. The van der Waals surface area contributed by atoms with Crippen LogP contribution in [0.15, 0.2) is 42.2 Å². The minimum Gasteiger partial charge on any atom is -0.618 e. The van der Waals surface area contributed by atoms with Gasteiger partial charge in [-0.25, -0.2) is 0 Å². The van der Waals surface area contributed by atoms with E-state index in [1.807, 2.05) is 25.1 Å². The number of aliphatic hydroxyl groups excluding tert-OH is 1. The van der Waals surface area contributed by atoms with E-state index in [0.717, 1.165) is 4.74 Å². The van der Waals surface area contributed by atoms with Crippen LogP contribution in [0.1, 0.15) is 13.8 Å². The molecule has 1 aromatic carbocycles. The summed E-state index contributed by atoms with van der Waals surface area (Å²) in [6.45, 7) is 3.43. The number of rotatable bonds is 3. The van der Waals surface area contributed by atoms with Crippen LogP contribution in [0.2, 0.25) is 0 Å². The van der Waals surface area contributed by atoms with Gasteiger partial charge in [-0.1, -0.05) is 18.2 Å². The van der Waals surface area contributed by atoms with Crippen molar-refractivity contribution in [3.05, 3.63) is 47.4 Å². The van der Waals surface area contributed by atoms with E-state index in [4.69, 9.17) is 5.11 Å². The highest BCUT2D eigenvalue weighted by Gasteiger charge is 2.03. The molecule has 0 radical (unpaired) electrons. The van der Waals surface area contributed by atoms with E-state index in [1.165, 1.54) is 6.21 Å². The van der Waals surface area contributed by atoms with Gasteiger partial charge in [-0.2, -0.15) is 4.74 Å². The van der Waals surface area contributed by atoms with Crippen molar-refractivity contribution >= 4 is 11.9 Å². The fraction of sp³-hybridized carbons (Fsp3) is 0.250. The molecule has 3 nitrogen and oxygen atoms in total. The maximum absolute atomic E-state index is 11.6. The van der Waals surface area contributed by atoms with Crippen molar-refractivity contribution in [3.63, 3.8) is 0 Å². The predicted molar refractivity (Wildman–Crippen MR) is 61.3 cm³/mol. The number of benzene rings is 1. The van der Waals surface area contributed by atoms with Crippen molar-refractivity contribution in [1.82, 2.24) is 0 Å². The van der Waals surface area contributed by atoms with Crippen LogP contribution in [0, 0.1) is 11.1 Å². The summed E-state index contributed by atoms with van der Waals surface area (Å²) in [6, 6.07) is 8.97. The van der Waals surface area contributed by atoms with Gasteiger partial charge >= 0.3 is 0 Å². The minimum absolute atomic E-state index is 0.0901. The van der Waals surface area contributed by atoms with E-state index in [1.54, 1.807) is 25.1 Å². The van der Waals surface area contributed by atoms with Crippen molar-refractivity contribution < 1.29 is 9.85 Å². The Bertz CT molecular complexity index is 364. The smallest absolute Gasteiger partial charge is 0.216 e. The van der Waals surface area contributed by atoms with Crippen LogP contribution in [0.25, 0.3) is 0 Å². The van der Waals surface area contributed by atoms with Gasteiger partial charge in [-0.3, -0.25) is 0 Å². The van der Waals surface area contributed by atoms with Crippen LogP contribution in [-0.4, -0.2) is 16.1 Å². The number of hydrogen-bond donors (Lipinski definition) is 1. The molecule has 0 heterocycles. The zero-order valence-corrected chi connectivity index (χ0v) is 8.92. The largest absolute Gasteiger partial charge is 0.618 e. The van der Waals surface area contributed by atoms with Gasteiger partial charge in [0.25, 0.3) is 0 Å². The molecule has 0 amide bonds. The fourth-order valence-electron chi connectivity index (χ4n) is 1.30. The van der Waals surface area contributed by atoms with Crippen molar-refractivity contribution in [2.24, 2.45) is 5.92 Å². The van der Waals surface area contributed by atoms with Gasteiger partial charge in [0.15, 0.2) is 6.21 Å². The molecule has 0 saturated carbocycles. The van der Waals surface area contributed by atoms with Gasteiger partial charge in [0.2, 0.25) is 5.69 Å². The number of aliphatic hydroxyl groups is 1. The SMILES string of the molecule is C/C(O)=C/C(C)/C=[N+](\[O-])c1ccccc1. The Kier molecular flexibility index (Phi) is 3.92. The molecule has 1 atom stereocenters. The third-order valence-electron chi connectivity index (χ3n) is 1.89. The highest BCUT2D eigenvalue weighted by Crippen LogP contribution is 2.09. The third kappa shape index (κ3) is 3.85. The van der Waals surface area contributed by atoms with Crippen molar-refractivity contribution in [3.8, 4) is 0 Å². The Morgan fingerprint density at radius 1 is 1.40 bits per heavy atom. The van der Waals surface area contributed by atoms with Crippen LogP contribution in [0.4, 0.5) is 5.69 Å². The lowest BCUT2D eigenvalue weighted by atomic mass is 10.2. The van der Waals surface area contributed by atoms with Crippen molar-refractivity contribution in [1.29, 1.82) is 0 Å². The molecule has 80 valence electrons. The molecular formula is C12H15NO2. The molecule has 0 aliphatic carbocycles. The molecule has 1 N–H and O–H groups in total. The van der Waals surface area contributed by atoms with E-state index in [2.05, 4.69) is 0 Å². The molecule has 0 fully saturated rings. The third-order valence-corrected chi connectivity index (χ3v) is 1.89. The van der Waals surface area contributed by atoms with Crippen molar-refractivity contribution in [2.75, 3.05) is 0 Å². The molecule has 1 aromatic rings. The Hall–Kier alpha value is -1.77. The summed E-state index contributed by atoms with van der Waals surface area (Å²) in [4.78, 5) is 0. The molecule has 0 saturated heterocycles. The molecule has 0 spiro atoms. The van der Waals surface area contributed by atoms with Crippen molar-refractivity contribution in [2.45, 2.75) is 13.8 Å². The highest BCUT2D eigenvalue weighted by atomic mass is 16.5. The minimum atomic E-state index is -0.0901. The van der Waals surface area contributed by atoms with Gasteiger partial charge in [0.1, 0.15) is 0 Å². The summed E-state index contributed by atoms with van der Waals surface area (Å²) in [5.41, 5.74) is 0.591. The lowest BCUT2D eigenvalue weighted by Crippen LogP contribution is -2.04. The zero-order chi connectivity index (χ0) is 11.3. The maximum atomic E-state index is 11.6. The first-order valence-corrected chi connectivity index (χ1v) is 4.83. The fourth-order valence-corrected chi connectivity index (χ4v) is 1.30. The van der Waals surface area contributed by atoms with Gasteiger partial charge in [0, 0.05) is 12.1 Å². The van der Waals surface area contributed by atoms with Crippen LogP contribution in [0.3, 0.4) is 0 Å². The second kappa shape index (κ2) is 5.20. The normalized spacial score (nSPS) is 15.1. The monoisotopic (exact) mass is 205 g/mol. The molecule has 0 aliphatic heterocycles. The molecule has 0 aromatic heterocycles. The Labute approximate surface area is 89.6 Å². The van der Waals surface area contributed by atoms with E-state index < -0.39 is 0 Å². The van der Waals surface area contributed by atoms with Crippen LogP contribution >= 0.6 is 0 Å². The second-order valence-electron chi connectivity index (χ2n) is 3.48. The van der Waals surface area contributed by atoms with E-state index in [9.17, 15) is 5.21 Å². The Morgan fingerprint density at radius 3 is 2.53 bits per heavy atom. The molecule has 0 bridgehead atoms. The standard InChI is InChI=1S/C12H15NO2/c1-10(8-11(2)14)9-13(15)12-6-4-3-5-7-12/h3-10,14H,1-2H3/b11-8-,13-9-. The lowest BCUT2D eigenvalue weighted by Gasteiger charge is -2.04. The summed E-state index contributed by atoms with van der Waals surface area (Å²) in [6.07, 6.45) is 3.13. The first-order chi connectivity index (χ1) is 7.09. The topological polar surface area (TPSA) is 46.3 Å². The van der Waals surface area contributed by atoms with Crippen LogP contribution in [-0.2, 0) is 0 Å². The van der Waals surface area contributed by atoms with E-state index in [-0.39, 0.29) is 11.7 Å². The van der Waals surface area contributed by atoms with Gasteiger partial charge in [-0.15, -0.1) is 0 Å². The summed E-state index contributed by atoms with van der Waals surface area (Å²) >= 11 is 0. The summed E-state index contributed by atoms with van der Waals surface area (Å²) in [7, 11) is 0. The molecule has 1 rings (SSSR count). The average molecular weight is 205 g/mol. The van der Waals surface area contributed by atoms with Gasteiger partial charge < -0.3 is 10.3 Å². The number of allylic oxidation sites excluding steroid dienone is 2. The Balaban J connectivity index is 2.81. The lowest BCUT2D eigenvalue weighted by molar-refractivity contribution is -0.357. The summed E-state index contributed by atoms with van der Waals surface area (Å²) in [5.74, 6) is 0.132.